The number of hydrogen-bond donors (Lipinski definition) is 3. The number of nitrogens with one attached hydrogen (secondary N) is 2. The van der Waals surface area contributed by atoms with Crippen LogP contribution in [0.4, 0.5) is 0 Å². The first-order valence-electron chi connectivity index (χ1n) is 4.67. The molecule has 86 valence electrons. The van der Waals surface area contributed by atoms with Crippen LogP contribution in [0.5, 0.6) is 0 Å². The first-order chi connectivity index (χ1) is 6.91. The zero-order valence-electron chi connectivity index (χ0n) is 8.87. The highest BCUT2D eigenvalue weighted by Gasteiger charge is 2.08. The monoisotopic (exact) mass is 216 g/mol. The lowest BCUT2D eigenvalue weighted by molar-refractivity contribution is -0.137. The molecule has 0 bridgehead atoms. The van der Waals surface area contributed by atoms with Gasteiger partial charge in [-0.05, 0) is 13.3 Å². The molecule has 0 aliphatic heterocycles. The summed E-state index contributed by atoms with van der Waals surface area (Å²) in [5.74, 6) is -1.48. The van der Waals surface area contributed by atoms with Gasteiger partial charge >= 0.3 is 5.97 Å². The summed E-state index contributed by atoms with van der Waals surface area (Å²) in [6.45, 7) is 2.96. The van der Waals surface area contributed by atoms with E-state index in [1.165, 1.54) is 6.92 Å². The number of rotatable bonds is 6. The summed E-state index contributed by atoms with van der Waals surface area (Å²) in [6.07, 6.45) is 0.392. The average Bonchev–Trinajstić information content (AvgIpc) is 2.11. The van der Waals surface area contributed by atoms with Crippen molar-refractivity contribution >= 4 is 17.8 Å². The smallest absolute Gasteiger partial charge is 0.303 e. The molecule has 0 fully saturated rings. The molecule has 0 saturated heterocycles. The van der Waals surface area contributed by atoms with E-state index in [-0.39, 0.29) is 30.8 Å². The predicted molar refractivity (Wildman–Crippen MR) is 53.2 cm³/mol. The van der Waals surface area contributed by atoms with Gasteiger partial charge in [0.2, 0.25) is 11.8 Å². The fourth-order valence-corrected chi connectivity index (χ4v) is 0.943. The Morgan fingerprint density at radius 1 is 1.33 bits per heavy atom. The van der Waals surface area contributed by atoms with Gasteiger partial charge in [-0.1, -0.05) is 0 Å². The van der Waals surface area contributed by atoms with Crippen LogP contribution in [0, 0.1) is 0 Å². The largest absolute Gasteiger partial charge is 0.481 e. The van der Waals surface area contributed by atoms with Gasteiger partial charge in [-0.2, -0.15) is 0 Å². The maximum absolute atomic E-state index is 11.1. The highest BCUT2D eigenvalue weighted by molar-refractivity contribution is 5.83. The van der Waals surface area contributed by atoms with Crippen LogP contribution in [-0.2, 0) is 14.4 Å². The van der Waals surface area contributed by atoms with E-state index in [1.54, 1.807) is 6.92 Å². The summed E-state index contributed by atoms with van der Waals surface area (Å²) >= 11 is 0. The Kier molecular flexibility index (Phi) is 6.08. The molecule has 0 radical (unpaired) electrons. The standard InChI is InChI=1S/C9H16N2O4/c1-6(3-4-9(14)15)11-8(13)5-10-7(2)12/h6H,3-5H2,1-2H3,(H,10,12)(H,11,13)(H,14,15). The number of amides is 2. The van der Waals surface area contributed by atoms with E-state index in [2.05, 4.69) is 10.6 Å². The number of carbonyl (C=O) groups excluding carboxylic acids is 2. The molecule has 0 aromatic heterocycles. The van der Waals surface area contributed by atoms with Crippen molar-refractivity contribution in [3.63, 3.8) is 0 Å². The van der Waals surface area contributed by atoms with Crippen molar-refractivity contribution in [2.75, 3.05) is 6.54 Å². The Morgan fingerprint density at radius 2 is 1.93 bits per heavy atom. The van der Waals surface area contributed by atoms with Crippen LogP contribution in [0.25, 0.3) is 0 Å². The van der Waals surface area contributed by atoms with Gasteiger partial charge in [0.15, 0.2) is 0 Å². The molecule has 1 unspecified atom stereocenters. The van der Waals surface area contributed by atoms with E-state index >= 15 is 0 Å². The fourth-order valence-electron chi connectivity index (χ4n) is 0.943. The molecule has 0 spiro atoms. The second kappa shape index (κ2) is 6.80. The molecule has 0 aliphatic carbocycles. The molecule has 0 aromatic carbocycles. The lowest BCUT2D eigenvalue weighted by atomic mass is 10.2. The number of carbonyl (C=O) groups is 3. The second-order valence-corrected chi connectivity index (χ2v) is 3.31. The topological polar surface area (TPSA) is 95.5 Å². The number of hydrogen-bond acceptors (Lipinski definition) is 3. The molecular formula is C9H16N2O4. The van der Waals surface area contributed by atoms with Crippen molar-refractivity contribution in [1.82, 2.24) is 10.6 Å². The van der Waals surface area contributed by atoms with Gasteiger partial charge in [-0.15, -0.1) is 0 Å². The Balaban J connectivity index is 3.66. The van der Waals surface area contributed by atoms with Gasteiger partial charge in [0.25, 0.3) is 0 Å². The summed E-state index contributed by atoms with van der Waals surface area (Å²) in [7, 11) is 0. The molecule has 15 heavy (non-hydrogen) atoms. The van der Waals surface area contributed by atoms with E-state index in [9.17, 15) is 14.4 Å². The normalized spacial score (nSPS) is 11.6. The van der Waals surface area contributed by atoms with Crippen LogP contribution >= 0.6 is 0 Å². The molecular weight excluding hydrogens is 200 g/mol. The molecule has 3 N–H and O–H groups in total. The molecule has 0 heterocycles. The Hall–Kier alpha value is -1.59. The third-order valence-corrected chi connectivity index (χ3v) is 1.70. The maximum Gasteiger partial charge on any atom is 0.303 e. The highest BCUT2D eigenvalue weighted by atomic mass is 16.4. The highest BCUT2D eigenvalue weighted by Crippen LogP contribution is 1.95. The first-order valence-corrected chi connectivity index (χ1v) is 4.67. The number of aliphatic carboxylic acids is 1. The number of carboxylic acids is 1. The van der Waals surface area contributed by atoms with Crippen molar-refractivity contribution in [2.24, 2.45) is 0 Å². The van der Waals surface area contributed by atoms with Crippen molar-refractivity contribution in [3.8, 4) is 0 Å². The van der Waals surface area contributed by atoms with Crippen LogP contribution in [0.2, 0.25) is 0 Å². The van der Waals surface area contributed by atoms with E-state index in [0.717, 1.165) is 0 Å². The van der Waals surface area contributed by atoms with E-state index in [4.69, 9.17) is 5.11 Å². The third kappa shape index (κ3) is 8.73. The molecule has 6 nitrogen and oxygen atoms in total. The Morgan fingerprint density at radius 3 is 2.40 bits per heavy atom. The predicted octanol–water partition coefficient (Wildman–Crippen LogP) is -0.508. The zero-order valence-corrected chi connectivity index (χ0v) is 8.87. The average molecular weight is 216 g/mol. The molecule has 6 heteroatoms. The van der Waals surface area contributed by atoms with Crippen LogP contribution in [-0.4, -0.2) is 35.5 Å². The van der Waals surface area contributed by atoms with Crippen molar-refractivity contribution < 1.29 is 19.5 Å². The fraction of sp³-hybridized carbons (Fsp3) is 0.667. The minimum Gasteiger partial charge on any atom is -0.481 e. The minimum atomic E-state index is -0.891. The summed E-state index contributed by atoms with van der Waals surface area (Å²) in [5, 5.41) is 13.3. The molecule has 0 aromatic rings. The number of carboxylic acid groups (broad SMARTS) is 1. The van der Waals surface area contributed by atoms with E-state index in [0.29, 0.717) is 6.42 Å². The van der Waals surface area contributed by atoms with Gasteiger partial charge in [-0.25, -0.2) is 0 Å². The maximum atomic E-state index is 11.1. The van der Waals surface area contributed by atoms with Gasteiger partial charge in [0.1, 0.15) is 0 Å². The van der Waals surface area contributed by atoms with Gasteiger partial charge < -0.3 is 15.7 Å². The summed E-state index contributed by atoms with van der Waals surface area (Å²) in [5.41, 5.74) is 0. The molecule has 2 amide bonds. The van der Waals surface area contributed by atoms with Crippen molar-refractivity contribution in [3.05, 3.63) is 0 Å². The van der Waals surface area contributed by atoms with E-state index in [1.807, 2.05) is 0 Å². The Labute approximate surface area is 88.0 Å². The van der Waals surface area contributed by atoms with Crippen LogP contribution in [0.1, 0.15) is 26.7 Å². The van der Waals surface area contributed by atoms with Crippen LogP contribution in [0.3, 0.4) is 0 Å². The van der Waals surface area contributed by atoms with Crippen LogP contribution < -0.4 is 10.6 Å². The summed E-state index contributed by atoms with van der Waals surface area (Å²) < 4.78 is 0. The molecule has 0 saturated carbocycles. The molecule has 1 atom stereocenters. The van der Waals surface area contributed by atoms with Crippen LogP contribution in [0.15, 0.2) is 0 Å². The first kappa shape index (κ1) is 13.4. The lowest BCUT2D eigenvalue weighted by Crippen LogP contribution is -2.40. The quantitative estimate of drug-likeness (QED) is 0.557. The van der Waals surface area contributed by atoms with Gasteiger partial charge in [-0.3, -0.25) is 14.4 Å². The molecule has 0 rings (SSSR count). The molecule has 0 aliphatic rings. The zero-order chi connectivity index (χ0) is 11.8. The minimum absolute atomic E-state index is 0.0155. The Bertz CT molecular complexity index is 252. The van der Waals surface area contributed by atoms with Crippen molar-refractivity contribution in [1.29, 1.82) is 0 Å². The lowest BCUT2D eigenvalue weighted by Gasteiger charge is -2.12. The SMILES string of the molecule is CC(=O)NCC(=O)NC(C)CCC(=O)O. The third-order valence-electron chi connectivity index (χ3n) is 1.70. The second-order valence-electron chi connectivity index (χ2n) is 3.31. The van der Waals surface area contributed by atoms with Crippen molar-refractivity contribution in [2.45, 2.75) is 32.7 Å². The summed E-state index contributed by atoms with van der Waals surface area (Å²) in [4.78, 5) is 31.8. The summed E-state index contributed by atoms with van der Waals surface area (Å²) in [6, 6.07) is -0.206. The van der Waals surface area contributed by atoms with E-state index < -0.39 is 5.97 Å². The van der Waals surface area contributed by atoms with Gasteiger partial charge in [0.05, 0.1) is 6.54 Å². The van der Waals surface area contributed by atoms with Gasteiger partial charge in [0, 0.05) is 19.4 Å².